The van der Waals surface area contributed by atoms with Crippen LogP contribution in [0.5, 0.6) is 0 Å². The van der Waals surface area contributed by atoms with Crippen LogP contribution in [0, 0.1) is 6.92 Å². The highest BCUT2D eigenvalue weighted by Crippen LogP contribution is 2.26. The Morgan fingerprint density at radius 2 is 1.85 bits per heavy atom. The molecule has 0 radical (unpaired) electrons. The largest absolute Gasteiger partial charge is 0.322 e. The van der Waals surface area contributed by atoms with Crippen LogP contribution >= 0.6 is 0 Å². The lowest BCUT2D eigenvalue weighted by Gasteiger charge is -2.28. The zero-order valence-electron chi connectivity index (χ0n) is 15.2. The Morgan fingerprint density at radius 3 is 2.63 bits per heavy atom. The molecule has 1 N–H and O–H groups in total. The van der Waals surface area contributed by atoms with E-state index in [2.05, 4.69) is 11.1 Å². The zero-order chi connectivity index (χ0) is 19.0. The SMILES string of the molecule is Cc1cc2cc3c(cc2[nH]c1=O)CN(S(=O)(=O)CCc1ccccc1)CC3. The summed E-state index contributed by atoms with van der Waals surface area (Å²) in [6, 6.07) is 15.6. The van der Waals surface area contributed by atoms with E-state index in [4.69, 9.17) is 0 Å². The number of fused-ring (bicyclic) bond motifs is 2. The quantitative estimate of drug-likeness (QED) is 0.754. The van der Waals surface area contributed by atoms with Crippen molar-refractivity contribution in [1.29, 1.82) is 0 Å². The van der Waals surface area contributed by atoms with Gasteiger partial charge in [-0.2, -0.15) is 4.31 Å². The van der Waals surface area contributed by atoms with Gasteiger partial charge in [0.05, 0.1) is 5.75 Å². The van der Waals surface area contributed by atoms with E-state index >= 15 is 0 Å². The Balaban J connectivity index is 1.57. The van der Waals surface area contributed by atoms with Gasteiger partial charge in [-0.15, -0.1) is 0 Å². The first-order chi connectivity index (χ1) is 12.9. The molecule has 140 valence electrons. The minimum atomic E-state index is -3.33. The lowest BCUT2D eigenvalue weighted by molar-refractivity contribution is 0.391. The topological polar surface area (TPSA) is 70.2 Å². The van der Waals surface area contributed by atoms with Crippen molar-refractivity contribution in [3.05, 3.63) is 81.1 Å². The summed E-state index contributed by atoms with van der Waals surface area (Å²) in [4.78, 5) is 14.8. The fourth-order valence-electron chi connectivity index (χ4n) is 3.61. The van der Waals surface area contributed by atoms with Gasteiger partial charge in [-0.25, -0.2) is 8.42 Å². The molecule has 1 aliphatic rings. The maximum absolute atomic E-state index is 12.8. The van der Waals surface area contributed by atoms with E-state index in [9.17, 15) is 13.2 Å². The Morgan fingerprint density at radius 1 is 1.07 bits per heavy atom. The number of hydrogen-bond acceptors (Lipinski definition) is 3. The number of hydrogen-bond donors (Lipinski definition) is 1. The average Bonchev–Trinajstić information content (AvgIpc) is 2.66. The van der Waals surface area contributed by atoms with Crippen molar-refractivity contribution in [2.75, 3.05) is 12.3 Å². The summed E-state index contributed by atoms with van der Waals surface area (Å²) in [5.74, 6) is 0.107. The van der Waals surface area contributed by atoms with Gasteiger partial charge in [-0.05, 0) is 60.0 Å². The molecule has 4 rings (SSSR count). The lowest BCUT2D eigenvalue weighted by Crippen LogP contribution is -2.37. The molecule has 0 amide bonds. The number of H-pyrrole nitrogens is 1. The van der Waals surface area contributed by atoms with E-state index in [0.717, 1.165) is 27.6 Å². The second-order valence-electron chi connectivity index (χ2n) is 7.12. The summed E-state index contributed by atoms with van der Waals surface area (Å²) in [6.07, 6.45) is 1.20. The molecule has 0 fully saturated rings. The molecule has 27 heavy (non-hydrogen) atoms. The molecule has 0 aliphatic carbocycles. The third kappa shape index (κ3) is 3.68. The van der Waals surface area contributed by atoms with Crippen LogP contribution < -0.4 is 5.56 Å². The van der Waals surface area contributed by atoms with Crippen molar-refractivity contribution in [1.82, 2.24) is 9.29 Å². The maximum atomic E-state index is 12.8. The Labute approximate surface area is 158 Å². The normalized spacial score (nSPS) is 15.0. The molecule has 0 unspecified atom stereocenters. The summed E-state index contributed by atoms with van der Waals surface area (Å²) < 4.78 is 27.2. The number of sulfonamides is 1. The van der Waals surface area contributed by atoms with E-state index in [0.29, 0.717) is 31.5 Å². The van der Waals surface area contributed by atoms with Crippen molar-refractivity contribution in [3.8, 4) is 0 Å². The van der Waals surface area contributed by atoms with Gasteiger partial charge >= 0.3 is 0 Å². The molecular formula is C21H22N2O3S. The highest BCUT2D eigenvalue weighted by Gasteiger charge is 2.26. The van der Waals surface area contributed by atoms with Crippen molar-refractivity contribution >= 4 is 20.9 Å². The number of rotatable bonds is 4. The van der Waals surface area contributed by atoms with Crippen LogP contribution in [0.3, 0.4) is 0 Å². The van der Waals surface area contributed by atoms with Gasteiger partial charge < -0.3 is 4.98 Å². The molecule has 1 aromatic heterocycles. The highest BCUT2D eigenvalue weighted by atomic mass is 32.2. The summed E-state index contributed by atoms with van der Waals surface area (Å²) >= 11 is 0. The minimum absolute atomic E-state index is 0.106. The molecule has 1 aliphatic heterocycles. The number of aryl methyl sites for hydroxylation is 2. The predicted octanol–water partition coefficient (Wildman–Crippen LogP) is 2.77. The van der Waals surface area contributed by atoms with Crippen molar-refractivity contribution in [2.45, 2.75) is 26.3 Å². The number of nitrogens with zero attached hydrogens (tertiary/aromatic N) is 1. The number of benzene rings is 2. The molecule has 3 aromatic rings. The first-order valence-corrected chi connectivity index (χ1v) is 10.7. The first-order valence-electron chi connectivity index (χ1n) is 9.09. The van der Waals surface area contributed by atoms with E-state index in [1.54, 1.807) is 11.2 Å². The maximum Gasteiger partial charge on any atom is 0.251 e. The van der Waals surface area contributed by atoms with Crippen molar-refractivity contribution < 1.29 is 8.42 Å². The second-order valence-corrected chi connectivity index (χ2v) is 9.21. The predicted molar refractivity (Wildman–Crippen MR) is 107 cm³/mol. The summed E-state index contributed by atoms with van der Waals surface area (Å²) in [5.41, 5.74) is 4.49. The third-order valence-corrected chi connectivity index (χ3v) is 7.03. The molecule has 0 atom stereocenters. The monoisotopic (exact) mass is 382 g/mol. The van der Waals surface area contributed by atoms with Crippen molar-refractivity contribution in [2.24, 2.45) is 0 Å². The van der Waals surface area contributed by atoms with Gasteiger partial charge in [0.2, 0.25) is 10.0 Å². The number of nitrogens with one attached hydrogen (secondary N) is 1. The Bertz CT molecular complexity index is 1150. The fourth-order valence-corrected chi connectivity index (χ4v) is 5.07. The second kappa shape index (κ2) is 6.94. The fraction of sp³-hybridized carbons (Fsp3) is 0.286. The van der Waals surface area contributed by atoms with E-state index in [1.807, 2.05) is 42.5 Å². The van der Waals surface area contributed by atoms with Gasteiger partial charge in [-0.1, -0.05) is 30.3 Å². The molecular weight excluding hydrogens is 360 g/mol. The van der Waals surface area contributed by atoms with Gasteiger partial charge in [0.15, 0.2) is 0 Å². The first kappa shape index (κ1) is 17.9. The molecule has 2 heterocycles. The van der Waals surface area contributed by atoms with Crippen LogP contribution in [0.2, 0.25) is 0 Å². The minimum Gasteiger partial charge on any atom is -0.322 e. The molecule has 0 saturated heterocycles. The van der Waals surface area contributed by atoms with E-state index < -0.39 is 10.0 Å². The zero-order valence-corrected chi connectivity index (χ0v) is 16.1. The molecule has 2 aromatic carbocycles. The molecule has 0 spiro atoms. The van der Waals surface area contributed by atoms with E-state index in [1.165, 1.54) is 0 Å². The van der Waals surface area contributed by atoms with Crippen LogP contribution in [0.1, 0.15) is 22.3 Å². The third-order valence-electron chi connectivity index (χ3n) is 5.21. The highest BCUT2D eigenvalue weighted by molar-refractivity contribution is 7.89. The summed E-state index contributed by atoms with van der Waals surface area (Å²) in [5, 5.41) is 0.992. The van der Waals surface area contributed by atoms with Crippen LogP contribution in [0.15, 0.2) is 53.3 Å². The van der Waals surface area contributed by atoms with Crippen LogP contribution in [-0.2, 0) is 29.4 Å². The number of pyridine rings is 1. The number of aromatic amines is 1. The van der Waals surface area contributed by atoms with Gasteiger partial charge in [0.1, 0.15) is 0 Å². The molecule has 6 heteroatoms. The average molecular weight is 382 g/mol. The molecule has 0 saturated carbocycles. The van der Waals surface area contributed by atoms with E-state index in [-0.39, 0.29) is 11.3 Å². The smallest absolute Gasteiger partial charge is 0.251 e. The van der Waals surface area contributed by atoms with Crippen LogP contribution in [0.25, 0.3) is 10.9 Å². The van der Waals surface area contributed by atoms with Gasteiger partial charge in [0.25, 0.3) is 5.56 Å². The summed E-state index contributed by atoms with van der Waals surface area (Å²) in [7, 11) is -3.33. The van der Waals surface area contributed by atoms with Gasteiger partial charge in [-0.3, -0.25) is 4.79 Å². The van der Waals surface area contributed by atoms with Crippen LogP contribution in [0.4, 0.5) is 0 Å². The molecule has 0 bridgehead atoms. The van der Waals surface area contributed by atoms with Gasteiger partial charge in [0, 0.05) is 24.2 Å². The molecule has 5 nitrogen and oxygen atoms in total. The standard InChI is InChI=1S/C21H22N2O3S/c1-15-11-18-12-17-7-9-23(14-19(17)13-20(18)22-21(15)24)27(25,26)10-8-16-5-3-2-4-6-16/h2-6,11-13H,7-10,14H2,1H3,(H,22,24). The number of aromatic nitrogens is 1. The lowest BCUT2D eigenvalue weighted by atomic mass is 9.98. The Kier molecular flexibility index (Phi) is 4.61. The van der Waals surface area contributed by atoms with Crippen LogP contribution in [-0.4, -0.2) is 30.0 Å². The Hall–Kier alpha value is -2.44. The summed E-state index contributed by atoms with van der Waals surface area (Å²) in [6.45, 7) is 2.65. The van der Waals surface area contributed by atoms with Crippen molar-refractivity contribution in [3.63, 3.8) is 0 Å².